The van der Waals surface area contributed by atoms with Crippen molar-refractivity contribution in [3.05, 3.63) is 0 Å². The molecule has 1 N–H and O–H groups in total. The quantitative estimate of drug-likeness (QED) is 0.693. The average molecular weight is 393 g/mol. The van der Waals surface area contributed by atoms with Crippen LogP contribution < -0.4 is 5.32 Å². The molecule has 5 rings (SSSR count). The molecule has 6 nitrogen and oxygen atoms in total. The Morgan fingerprint density at radius 3 is 2.41 bits per heavy atom. The maximum Gasteiger partial charge on any atom is 0.437 e. The van der Waals surface area contributed by atoms with Crippen LogP contribution in [-0.4, -0.2) is 35.5 Å². The number of alkyl halides is 3. The van der Waals surface area contributed by atoms with Crippen LogP contribution in [0.3, 0.4) is 0 Å². The van der Waals surface area contributed by atoms with Crippen molar-refractivity contribution >= 4 is 5.91 Å². The van der Waals surface area contributed by atoms with Crippen molar-refractivity contribution in [3.63, 3.8) is 0 Å². The molecule has 1 spiro atoms. The monoisotopic (exact) mass is 393 g/mol. The number of carbonyl (C=O) groups is 1. The lowest BCUT2D eigenvalue weighted by Gasteiger charge is -2.63. The predicted molar refractivity (Wildman–Crippen MR) is 85.6 cm³/mol. The Morgan fingerprint density at radius 2 is 1.78 bits per heavy atom. The molecule has 27 heavy (non-hydrogen) atoms. The van der Waals surface area contributed by atoms with Gasteiger partial charge in [-0.15, -0.1) is 0 Å². The van der Waals surface area contributed by atoms with E-state index in [0.29, 0.717) is 12.8 Å². The minimum Gasteiger partial charge on any atom is -0.321 e. The van der Waals surface area contributed by atoms with Crippen LogP contribution in [0.5, 0.6) is 0 Å². The summed E-state index contributed by atoms with van der Waals surface area (Å²) < 4.78 is 54.3. The van der Waals surface area contributed by atoms with Crippen molar-refractivity contribution in [1.29, 1.82) is 0 Å². The number of nitrogens with one attached hydrogen (secondary N) is 1. The summed E-state index contributed by atoms with van der Waals surface area (Å²) in [5, 5.41) is 2.06. The first-order chi connectivity index (χ1) is 12.5. The minimum atomic E-state index is -4.81. The van der Waals surface area contributed by atoms with Crippen LogP contribution in [0.1, 0.15) is 53.4 Å². The molecule has 0 aromatic carbocycles. The second kappa shape index (κ2) is 5.81. The van der Waals surface area contributed by atoms with Crippen molar-refractivity contribution in [2.45, 2.75) is 83.0 Å². The number of fused-ring (bicyclic) bond motifs is 2. The third-order valence-corrected chi connectivity index (χ3v) is 7.10. The highest BCUT2D eigenvalue weighted by atomic mass is 19.4. The van der Waals surface area contributed by atoms with Crippen LogP contribution in [-0.2, 0) is 24.0 Å². The number of ether oxygens (including phenoxy) is 2. The van der Waals surface area contributed by atoms with Crippen LogP contribution in [0, 0.1) is 23.7 Å². The Labute approximate surface area is 156 Å². The van der Waals surface area contributed by atoms with Crippen molar-refractivity contribution in [2.75, 3.05) is 0 Å². The highest BCUT2D eigenvalue weighted by Gasteiger charge is 2.76. The number of carbonyl (C=O) groups excluding carboxylic acids is 1. The van der Waals surface area contributed by atoms with Crippen molar-refractivity contribution < 1.29 is 37.2 Å². The third kappa shape index (κ3) is 2.51. The number of rotatable bonds is 1. The first-order valence-corrected chi connectivity index (χ1v) is 9.53. The largest absolute Gasteiger partial charge is 0.437 e. The van der Waals surface area contributed by atoms with Gasteiger partial charge in [0.1, 0.15) is 0 Å². The van der Waals surface area contributed by atoms with Crippen molar-refractivity contribution in [1.82, 2.24) is 5.32 Å². The smallest absolute Gasteiger partial charge is 0.321 e. The Hall–Kier alpha value is -0.900. The van der Waals surface area contributed by atoms with Gasteiger partial charge in [-0.3, -0.25) is 4.79 Å². The number of amides is 1. The van der Waals surface area contributed by atoms with Crippen LogP contribution in [0.2, 0.25) is 0 Å². The molecule has 2 bridgehead atoms. The van der Waals surface area contributed by atoms with Gasteiger partial charge in [0.05, 0.1) is 0 Å². The SMILES string of the molecule is CC(=O)N[C@@]1(C(F)(F)F)O[C@@H]2O[C@]3(C)CCC4[C@H](C)CC[C@@H]([C@H]1C)[C@]42OO3. The van der Waals surface area contributed by atoms with E-state index in [2.05, 4.69) is 12.2 Å². The third-order valence-electron chi connectivity index (χ3n) is 7.10. The standard InChI is InChI=1S/C18H26F3NO5/c1-9-5-6-13-10(2)17(18(19,20)21,22-11(3)23)25-14-16(13)12(9)7-8-15(4,24-14)26-27-16/h9-10,12-14H,5-8H2,1-4H3,(H,22,23)/t9-,10-,12?,13+,14+,15+,16-,17-/m1/s1. The fraction of sp³-hybridized carbons (Fsp3) is 0.944. The van der Waals surface area contributed by atoms with E-state index < -0.39 is 47.3 Å². The summed E-state index contributed by atoms with van der Waals surface area (Å²) in [5.41, 5.74) is -3.94. The molecule has 4 heterocycles. The van der Waals surface area contributed by atoms with Gasteiger partial charge < -0.3 is 14.8 Å². The molecule has 9 heteroatoms. The summed E-state index contributed by atoms with van der Waals surface area (Å²) in [7, 11) is 0. The molecular formula is C18H26F3NO5. The molecular weight excluding hydrogens is 367 g/mol. The summed E-state index contributed by atoms with van der Waals surface area (Å²) >= 11 is 0. The van der Waals surface area contributed by atoms with Gasteiger partial charge in [0, 0.05) is 25.2 Å². The molecule has 1 amide bonds. The Kier molecular flexibility index (Phi) is 4.18. The van der Waals surface area contributed by atoms with Gasteiger partial charge in [0.25, 0.3) is 0 Å². The normalized spacial score (nSPS) is 52.0. The zero-order valence-corrected chi connectivity index (χ0v) is 15.9. The summed E-state index contributed by atoms with van der Waals surface area (Å²) in [4.78, 5) is 23.1. The van der Waals surface area contributed by atoms with E-state index >= 15 is 0 Å². The highest BCUT2D eigenvalue weighted by Crippen LogP contribution is 2.63. The van der Waals surface area contributed by atoms with E-state index in [0.717, 1.165) is 19.8 Å². The molecule has 5 aliphatic rings. The van der Waals surface area contributed by atoms with E-state index in [1.807, 2.05) is 0 Å². The lowest BCUT2D eigenvalue weighted by Crippen LogP contribution is -2.79. The van der Waals surface area contributed by atoms with Crippen LogP contribution >= 0.6 is 0 Å². The average Bonchev–Trinajstić information content (AvgIpc) is 2.77. The van der Waals surface area contributed by atoms with E-state index in [-0.39, 0.29) is 11.8 Å². The van der Waals surface area contributed by atoms with E-state index in [1.165, 1.54) is 6.92 Å². The number of halogens is 3. The van der Waals surface area contributed by atoms with Gasteiger partial charge in [0.2, 0.25) is 17.4 Å². The van der Waals surface area contributed by atoms with E-state index in [1.54, 1.807) is 6.92 Å². The van der Waals surface area contributed by atoms with Gasteiger partial charge in [-0.25, -0.2) is 9.78 Å². The summed E-state index contributed by atoms with van der Waals surface area (Å²) in [6, 6.07) is 0. The highest BCUT2D eigenvalue weighted by molar-refractivity contribution is 5.73. The fourth-order valence-corrected chi connectivity index (χ4v) is 5.75. The molecule has 5 fully saturated rings. The molecule has 0 radical (unpaired) electrons. The molecule has 154 valence electrons. The lowest BCUT2D eigenvalue weighted by atomic mass is 9.56. The van der Waals surface area contributed by atoms with Crippen LogP contribution in [0.25, 0.3) is 0 Å². The zero-order chi connectivity index (χ0) is 19.8. The first kappa shape index (κ1) is 19.4. The molecule has 1 aliphatic carbocycles. The minimum absolute atomic E-state index is 0.0448. The summed E-state index contributed by atoms with van der Waals surface area (Å²) in [6.07, 6.45) is -3.57. The summed E-state index contributed by atoms with van der Waals surface area (Å²) in [6.45, 7) is 6.25. The molecule has 4 saturated heterocycles. The Morgan fingerprint density at radius 1 is 1.07 bits per heavy atom. The molecule has 4 aliphatic heterocycles. The molecule has 1 saturated carbocycles. The Balaban J connectivity index is 1.85. The number of hydrogen-bond acceptors (Lipinski definition) is 5. The van der Waals surface area contributed by atoms with Gasteiger partial charge in [-0.2, -0.15) is 13.2 Å². The predicted octanol–water partition coefficient (Wildman–Crippen LogP) is 3.26. The van der Waals surface area contributed by atoms with Crippen molar-refractivity contribution in [2.24, 2.45) is 23.7 Å². The van der Waals surface area contributed by atoms with Gasteiger partial charge in [-0.05, 0) is 38.0 Å². The molecule has 0 aromatic rings. The second-order valence-corrected chi connectivity index (χ2v) is 8.73. The first-order valence-electron chi connectivity index (χ1n) is 9.53. The van der Waals surface area contributed by atoms with E-state index in [4.69, 9.17) is 19.2 Å². The lowest BCUT2D eigenvalue weighted by molar-refractivity contribution is -0.584. The molecule has 0 aromatic heterocycles. The van der Waals surface area contributed by atoms with Gasteiger partial charge in [0.15, 0.2) is 11.9 Å². The molecule has 1 unspecified atom stereocenters. The zero-order valence-electron chi connectivity index (χ0n) is 15.9. The van der Waals surface area contributed by atoms with Gasteiger partial charge >= 0.3 is 6.18 Å². The van der Waals surface area contributed by atoms with Gasteiger partial charge in [-0.1, -0.05) is 13.8 Å². The topological polar surface area (TPSA) is 66.0 Å². The second-order valence-electron chi connectivity index (χ2n) is 8.73. The van der Waals surface area contributed by atoms with Crippen molar-refractivity contribution in [3.8, 4) is 0 Å². The number of hydrogen-bond donors (Lipinski definition) is 1. The maximum atomic E-state index is 14.2. The molecule has 8 atom stereocenters. The van der Waals surface area contributed by atoms with Crippen LogP contribution in [0.4, 0.5) is 13.2 Å². The summed E-state index contributed by atoms with van der Waals surface area (Å²) in [5.74, 6) is -3.39. The van der Waals surface area contributed by atoms with Crippen LogP contribution in [0.15, 0.2) is 0 Å². The maximum absolute atomic E-state index is 14.2. The fourth-order valence-electron chi connectivity index (χ4n) is 5.75. The van der Waals surface area contributed by atoms with E-state index in [9.17, 15) is 18.0 Å². The Bertz CT molecular complexity index is 645.